The summed E-state index contributed by atoms with van der Waals surface area (Å²) in [6.07, 6.45) is 1.03. The third kappa shape index (κ3) is 5.67. The Labute approximate surface area is 118 Å². The van der Waals surface area contributed by atoms with Crippen LogP contribution in [0.25, 0.3) is 0 Å². The molecule has 0 saturated carbocycles. The van der Waals surface area contributed by atoms with Gasteiger partial charge in [-0.2, -0.15) is 0 Å². The number of carbonyl (C=O) groups excluding carboxylic acids is 1. The SMILES string of the molecule is CCCNCCNC(=O)c1ccccc1[N+](=O)[O-].Cl. The van der Waals surface area contributed by atoms with Crippen molar-refractivity contribution in [1.29, 1.82) is 0 Å². The summed E-state index contributed by atoms with van der Waals surface area (Å²) in [6.45, 7) is 4.05. The molecule has 0 bridgehead atoms. The van der Waals surface area contributed by atoms with Crippen LogP contribution in [-0.4, -0.2) is 30.5 Å². The molecule has 7 heteroatoms. The predicted molar refractivity (Wildman–Crippen MR) is 75.8 cm³/mol. The third-order valence-corrected chi connectivity index (χ3v) is 2.36. The van der Waals surface area contributed by atoms with Crippen LogP contribution in [0.5, 0.6) is 0 Å². The molecule has 1 aromatic rings. The monoisotopic (exact) mass is 287 g/mol. The van der Waals surface area contributed by atoms with E-state index in [4.69, 9.17) is 0 Å². The highest BCUT2D eigenvalue weighted by Crippen LogP contribution is 2.16. The van der Waals surface area contributed by atoms with Gasteiger partial charge in [-0.05, 0) is 19.0 Å². The second-order valence-electron chi connectivity index (χ2n) is 3.78. The fraction of sp³-hybridized carbons (Fsp3) is 0.417. The molecule has 0 aliphatic carbocycles. The van der Waals surface area contributed by atoms with Crippen molar-refractivity contribution < 1.29 is 9.72 Å². The van der Waals surface area contributed by atoms with E-state index in [0.29, 0.717) is 13.1 Å². The number of para-hydroxylation sites is 1. The number of halogens is 1. The van der Waals surface area contributed by atoms with Gasteiger partial charge in [0.1, 0.15) is 5.56 Å². The van der Waals surface area contributed by atoms with Gasteiger partial charge in [0.05, 0.1) is 4.92 Å². The molecule has 6 nitrogen and oxygen atoms in total. The van der Waals surface area contributed by atoms with Crippen molar-refractivity contribution in [2.75, 3.05) is 19.6 Å². The van der Waals surface area contributed by atoms with Gasteiger partial charge in [0, 0.05) is 19.2 Å². The molecule has 0 radical (unpaired) electrons. The zero-order chi connectivity index (χ0) is 13.4. The minimum Gasteiger partial charge on any atom is -0.351 e. The van der Waals surface area contributed by atoms with Crippen LogP contribution in [0.15, 0.2) is 24.3 Å². The minimum atomic E-state index is -0.551. The fourth-order valence-electron chi connectivity index (χ4n) is 1.49. The molecule has 0 fully saturated rings. The van der Waals surface area contributed by atoms with E-state index in [1.54, 1.807) is 6.07 Å². The van der Waals surface area contributed by atoms with Crippen molar-refractivity contribution in [3.63, 3.8) is 0 Å². The zero-order valence-electron chi connectivity index (χ0n) is 10.7. The number of rotatable bonds is 7. The first-order chi connectivity index (χ1) is 8.66. The Kier molecular flexibility index (Phi) is 8.48. The molecular weight excluding hydrogens is 270 g/mol. The molecule has 0 unspecified atom stereocenters. The lowest BCUT2D eigenvalue weighted by molar-refractivity contribution is -0.385. The van der Waals surface area contributed by atoms with Gasteiger partial charge >= 0.3 is 0 Å². The van der Waals surface area contributed by atoms with Crippen LogP contribution in [0.2, 0.25) is 0 Å². The molecule has 0 atom stereocenters. The topological polar surface area (TPSA) is 84.3 Å². The third-order valence-electron chi connectivity index (χ3n) is 2.36. The number of hydrogen-bond acceptors (Lipinski definition) is 4. The predicted octanol–water partition coefficient (Wildman–Crippen LogP) is 1.75. The highest BCUT2D eigenvalue weighted by atomic mass is 35.5. The first kappa shape index (κ1) is 17.3. The van der Waals surface area contributed by atoms with Gasteiger partial charge < -0.3 is 10.6 Å². The molecule has 1 rings (SSSR count). The van der Waals surface area contributed by atoms with Crippen LogP contribution in [-0.2, 0) is 0 Å². The van der Waals surface area contributed by atoms with Crippen LogP contribution >= 0.6 is 12.4 Å². The molecular formula is C12H18ClN3O3. The molecule has 0 heterocycles. The summed E-state index contributed by atoms with van der Waals surface area (Å²) in [5.41, 5.74) is -0.0745. The van der Waals surface area contributed by atoms with Crippen molar-refractivity contribution in [2.24, 2.45) is 0 Å². The maximum Gasteiger partial charge on any atom is 0.282 e. The van der Waals surface area contributed by atoms with Crippen molar-refractivity contribution >= 4 is 24.0 Å². The summed E-state index contributed by atoms with van der Waals surface area (Å²) in [6, 6.07) is 5.92. The Morgan fingerprint density at radius 2 is 1.95 bits per heavy atom. The summed E-state index contributed by atoms with van der Waals surface area (Å²) in [7, 11) is 0. The molecule has 2 N–H and O–H groups in total. The molecule has 19 heavy (non-hydrogen) atoms. The number of amides is 1. The van der Waals surface area contributed by atoms with Gasteiger partial charge in [-0.3, -0.25) is 14.9 Å². The first-order valence-electron chi connectivity index (χ1n) is 5.89. The maximum absolute atomic E-state index is 11.8. The van der Waals surface area contributed by atoms with Crippen molar-refractivity contribution in [2.45, 2.75) is 13.3 Å². The summed E-state index contributed by atoms with van der Waals surface area (Å²) < 4.78 is 0. The first-order valence-corrected chi connectivity index (χ1v) is 5.89. The lowest BCUT2D eigenvalue weighted by atomic mass is 10.1. The molecule has 0 aliphatic heterocycles. The normalized spacial score (nSPS) is 9.53. The van der Waals surface area contributed by atoms with Gasteiger partial charge in [-0.1, -0.05) is 19.1 Å². The van der Waals surface area contributed by atoms with Crippen molar-refractivity contribution in [1.82, 2.24) is 10.6 Å². The number of benzene rings is 1. The maximum atomic E-state index is 11.8. The van der Waals surface area contributed by atoms with E-state index < -0.39 is 10.8 Å². The largest absolute Gasteiger partial charge is 0.351 e. The summed E-state index contributed by atoms with van der Waals surface area (Å²) in [4.78, 5) is 22.0. The van der Waals surface area contributed by atoms with E-state index in [1.807, 2.05) is 0 Å². The fourth-order valence-corrected chi connectivity index (χ4v) is 1.49. The second kappa shape index (κ2) is 9.29. The Hall–Kier alpha value is -1.66. The number of carbonyl (C=O) groups is 1. The van der Waals surface area contributed by atoms with Gasteiger partial charge in [0.15, 0.2) is 0 Å². The number of nitrogens with zero attached hydrogens (tertiary/aromatic N) is 1. The molecule has 1 amide bonds. The highest BCUT2D eigenvalue weighted by molar-refractivity contribution is 5.98. The second-order valence-corrected chi connectivity index (χ2v) is 3.78. The van der Waals surface area contributed by atoms with Crippen LogP contribution in [0.1, 0.15) is 23.7 Å². The molecule has 1 aromatic carbocycles. The Bertz CT molecular complexity index is 426. The van der Waals surface area contributed by atoms with Gasteiger partial charge in [-0.15, -0.1) is 12.4 Å². The lowest BCUT2D eigenvalue weighted by Gasteiger charge is -2.06. The summed E-state index contributed by atoms with van der Waals surface area (Å²) in [5.74, 6) is -0.416. The van der Waals surface area contributed by atoms with E-state index in [2.05, 4.69) is 17.6 Å². The molecule has 0 spiro atoms. The number of nitrogens with one attached hydrogen (secondary N) is 2. The highest BCUT2D eigenvalue weighted by Gasteiger charge is 2.18. The number of nitro groups is 1. The number of nitro benzene ring substituents is 1. The van der Waals surface area contributed by atoms with Crippen molar-refractivity contribution in [3.8, 4) is 0 Å². The van der Waals surface area contributed by atoms with Crippen LogP contribution in [0.4, 0.5) is 5.69 Å². The molecule has 0 aliphatic rings. The van der Waals surface area contributed by atoms with Gasteiger partial charge in [-0.25, -0.2) is 0 Å². The Balaban J connectivity index is 0.00000324. The zero-order valence-corrected chi connectivity index (χ0v) is 11.5. The average molecular weight is 288 g/mol. The molecule has 106 valence electrons. The molecule has 0 saturated heterocycles. The summed E-state index contributed by atoms with van der Waals surface area (Å²) in [5, 5.41) is 16.5. The van der Waals surface area contributed by atoms with Gasteiger partial charge in [0.25, 0.3) is 11.6 Å². The van der Waals surface area contributed by atoms with Crippen LogP contribution in [0, 0.1) is 10.1 Å². The van der Waals surface area contributed by atoms with Crippen LogP contribution < -0.4 is 10.6 Å². The lowest BCUT2D eigenvalue weighted by Crippen LogP contribution is -2.32. The Morgan fingerprint density at radius 3 is 2.58 bits per heavy atom. The summed E-state index contributed by atoms with van der Waals surface area (Å²) >= 11 is 0. The average Bonchev–Trinajstić information content (AvgIpc) is 2.38. The number of hydrogen-bond donors (Lipinski definition) is 2. The molecule has 0 aromatic heterocycles. The standard InChI is InChI=1S/C12H17N3O3.ClH/c1-2-7-13-8-9-14-12(16)10-5-3-4-6-11(10)15(17)18;/h3-6,13H,2,7-9H2,1H3,(H,14,16);1H. The van der Waals surface area contributed by atoms with Crippen LogP contribution in [0.3, 0.4) is 0 Å². The quantitative estimate of drug-likeness (QED) is 0.454. The Morgan fingerprint density at radius 1 is 1.26 bits per heavy atom. The van der Waals surface area contributed by atoms with E-state index in [9.17, 15) is 14.9 Å². The van der Waals surface area contributed by atoms with Crippen molar-refractivity contribution in [3.05, 3.63) is 39.9 Å². The van der Waals surface area contributed by atoms with E-state index in [0.717, 1.165) is 13.0 Å². The smallest absolute Gasteiger partial charge is 0.282 e. The van der Waals surface area contributed by atoms with E-state index >= 15 is 0 Å². The van der Waals surface area contributed by atoms with E-state index in [1.165, 1.54) is 18.2 Å². The minimum absolute atomic E-state index is 0. The van der Waals surface area contributed by atoms with Gasteiger partial charge in [0.2, 0.25) is 0 Å². The van der Waals surface area contributed by atoms with E-state index in [-0.39, 0.29) is 23.7 Å².